The fourth-order valence-corrected chi connectivity index (χ4v) is 3.27. The van der Waals surface area contributed by atoms with Crippen LogP contribution < -0.4 is 10.2 Å². The molecule has 1 N–H and O–H groups in total. The molecule has 0 bridgehead atoms. The summed E-state index contributed by atoms with van der Waals surface area (Å²) >= 11 is 0. The van der Waals surface area contributed by atoms with Crippen LogP contribution in [0.1, 0.15) is 23.2 Å². The molecule has 3 aromatic rings. The predicted octanol–water partition coefficient (Wildman–Crippen LogP) is 4.22. The molecule has 25 heavy (non-hydrogen) atoms. The van der Waals surface area contributed by atoms with Crippen molar-refractivity contribution in [2.75, 3.05) is 16.8 Å². The lowest BCUT2D eigenvalue weighted by molar-refractivity contribution is -0.117. The van der Waals surface area contributed by atoms with Crippen molar-refractivity contribution in [1.82, 2.24) is 0 Å². The van der Waals surface area contributed by atoms with Gasteiger partial charge < -0.3 is 10.2 Å². The molecule has 0 spiro atoms. The quantitative estimate of drug-likeness (QED) is 0.782. The molecular formula is C21H18N2O2. The van der Waals surface area contributed by atoms with Crippen molar-refractivity contribution in [1.29, 1.82) is 0 Å². The second-order valence-corrected chi connectivity index (χ2v) is 6.18. The summed E-state index contributed by atoms with van der Waals surface area (Å²) < 4.78 is 0. The van der Waals surface area contributed by atoms with Crippen LogP contribution >= 0.6 is 0 Å². The van der Waals surface area contributed by atoms with Crippen molar-refractivity contribution in [2.24, 2.45) is 0 Å². The minimum Gasteiger partial charge on any atom is -0.321 e. The van der Waals surface area contributed by atoms with E-state index in [0.29, 0.717) is 18.5 Å². The van der Waals surface area contributed by atoms with E-state index < -0.39 is 0 Å². The van der Waals surface area contributed by atoms with Crippen molar-refractivity contribution in [2.45, 2.75) is 12.8 Å². The second-order valence-electron chi connectivity index (χ2n) is 6.18. The monoisotopic (exact) mass is 330 g/mol. The number of hydrogen-bond acceptors (Lipinski definition) is 2. The number of fused-ring (bicyclic) bond motifs is 1. The Bertz CT molecular complexity index is 960. The Hall–Kier alpha value is -3.14. The van der Waals surface area contributed by atoms with E-state index in [0.717, 1.165) is 28.6 Å². The molecule has 1 saturated heterocycles. The molecule has 0 saturated carbocycles. The summed E-state index contributed by atoms with van der Waals surface area (Å²) in [6, 6.07) is 21.0. The zero-order chi connectivity index (χ0) is 17.2. The highest BCUT2D eigenvalue weighted by atomic mass is 16.2. The Morgan fingerprint density at radius 1 is 0.960 bits per heavy atom. The summed E-state index contributed by atoms with van der Waals surface area (Å²) in [6.45, 7) is 0.716. The number of nitrogens with one attached hydrogen (secondary N) is 1. The maximum absolute atomic E-state index is 12.7. The number of hydrogen-bond donors (Lipinski definition) is 1. The number of benzene rings is 3. The van der Waals surface area contributed by atoms with E-state index in [4.69, 9.17) is 0 Å². The summed E-state index contributed by atoms with van der Waals surface area (Å²) in [5.41, 5.74) is 2.11. The third kappa shape index (κ3) is 2.98. The van der Waals surface area contributed by atoms with Crippen molar-refractivity contribution in [3.05, 3.63) is 72.3 Å². The fourth-order valence-electron chi connectivity index (χ4n) is 3.27. The first-order chi connectivity index (χ1) is 12.2. The summed E-state index contributed by atoms with van der Waals surface area (Å²) in [6.07, 6.45) is 1.44. The van der Waals surface area contributed by atoms with Crippen molar-refractivity contribution >= 4 is 34.0 Å². The molecular weight excluding hydrogens is 312 g/mol. The van der Waals surface area contributed by atoms with Gasteiger partial charge in [-0.3, -0.25) is 9.59 Å². The molecule has 0 aromatic heterocycles. The van der Waals surface area contributed by atoms with Crippen molar-refractivity contribution < 1.29 is 9.59 Å². The van der Waals surface area contributed by atoms with E-state index in [-0.39, 0.29) is 11.8 Å². The maximum Gasteiger partial charge on any atom is 0.255 e. The van der Waals surface area contributed by atoms with E-state index >= 15 is 0 Å². The summed E-state index contributed by atoms with van der Waals surface area (Å²) in [5.74, 6) is -0.0588. The molecule has 0 radical (unpaired) electrons. The first kappa shape index (κ1) is 15.4. The van der Waals surface area contributed by atoms with Gasteiger partial charge in [0.2, 0.25) is 5.91 Å². The first-order valence-electron chi connectivity index (χ1n) is 8.42. The number of anilines is 2. The van der Waals surface area contributed by atoms with Crippen LogP contribution in [0.2, 0.25) is 0 Å². The minimum atomic E-state index is -0.176. The first-order valence-corrected chi connectivity index (χ1v) is 8.42. The van der Waals surface area contributed by atoms with Gasteiger partial charge in [-0.1, -0.05) is 42.5 Å². The zero-order valence-corrected chi connectivity index (χ0v) is 13.7. The molecule has 4 heteroatoms. The third-order valence-corrected chi connectivity index (χ3v) is 4.53. The number of nitrogens with zero attached hydrogens (tertiary/aromatic N) is 1. The molecule has 3 aromatic carbocycles. The lowest BCUT2D eigenvalue weighted by Gasteiger charge is -2.16. The van der Waals surface area contributed by atoms with Gasteiger partial charge >= 0.3 is 0 Å². The molecule has 0 unspecified atom stereocenters. The van der Waals surface area contributed by atoms with Crippen LogP contribution in [0.25, 0.3) is 10.8 Å². The van der Waals surface area contributed by atoms with E-state index in [1.807, 2.05) is 54.6 Å². The summed E-state index contributed by atoms with van der Waals surface area (Å²) in [4.78, 5) is 26.4. The van der Waals surface area contributed by atoms with Gasteiger partial charge in [-0.05, 0) is 36.1 Å². The van der Waals surface area contributed by atoms with E-state index in [1.54, 1.807) is 17.0 Å². The normalized spacial score (nSPS) is 14.1. The largest absolute Gasteiger partial charge is 0.321 e. The van der Waals surface area contributed by atoms with Crippen LogP contribution in [0.3, 0.4) is 0 Å². The summed E-state index contributed by atoms with van der Waals surface area (Å²) in [7, 11) is 0. The van der Waals surface area contributed by atoms with Gasteiger partial charge in [-0.25, -0.2) is 0 Å². The highest BCUT2D eigenvalue weighted by Crippen LogP contribution is 2.25. The van der Waals surface area contributed by atoms with Gasteiger partial charge in [0.15, 0.2) is 0 Å². The Morgan fingerprint density at radius 2 is 1.76 bits per heavy atom. The number of carbonyl (C=O) groups is 2. The minimum absolute atomic E-state index is 0.117. The number of carbonyl (C=O) groups excluding carboxylic acids is 2. The van der Waals surface area contributed by atoms with Gasteiger partial charge in [-0.2, -0.15) is 0 Å². The molecule has 1 aliphatic rings. The van der Waals surface area contributed by atoms with Crippen LogP contribution in [-0.4, -0.2) is 18.4 Å². The molecule has 2 amide bonds. The smallest absolute Gasteiger partial charge is 0.255 e. The van der Waals surface area contributed by atoms with Crippen LogP contribution in [0.5, 0.6) is 0 Å². The molecule has 1 heterocycles. The molecule has 0 atom stereocenters. The topological polar surface area (TPSA) is 49.4 Å². The Morgan fingerprint density at radius 3 is 2.60 bits per heavy atom. The Kier molecular flexibility index (Phi) is 3.94. The van der Waals surface area contributed by atoms with E-state index in [9.17, 15) is 9.59 Å². The molecule has 4 nitrogen and oxygen atoms in total. The Labute approximate surface area is 146 Å². The highest BCUT2D eigenvalue weighted by molar-refractivity contribution is 6.09. The molecule has 0 aliphatic carbocycles. The highest BCUT2D eigenvalue weighted by Gasteiger charge is 2.22. The summed E-state index contributed by atoms with van der Waals surface area (Å²) in [5, 5.41) is 5.07. The standard InChI is InChI=1S/C21H18N2O2/c24-20-12-5-13-23(20)17-9-3-8-16(14-17)21(25)22-19-11-4-7-15-6-1-2-10-18(15)19/h1-4,6-11,14H,5,12-13H2,(H,22,25). The van der Waals surface area contributed by atoms with Crippen LogP contribution in [-0.2, 0) is 4.79 Å². The average Bonchev–Trinajstić information content (AvgIpc) is 3.08. The maximum atomic E-state index is 12.7. The van der Waals surface area contributed by atoms with Crippen molar-refractivity contribution in [3.63, 3.8) is 0 Å². The number of rotatable bonds is 3. The second kappa shape index (κ2) is 6.40. The molecule has 1 fully saturated rings. The lowest BCUT2D eigenvalue weighted by atomic mass is 10.1. The number of amides is 2. The predicted molar refractivity (Wildman–Crippen MR) is 99.9 cm³/mol. The van der Waals surface area contributed by atoms with Gasteiger partial charge in [0.1, 0.15) is 0 Å². The fraction of sp³-hybridized carbons (Fsp3) is 0.143. The average molecular weight is 330 g/mol. The van der Waals surface area contributed by atoms with Crippen LogP contribution in [0, 0.1) is 0 Å². The van der Waals surface area contributed by atoms with Gasteiger partial charge in [0.25, 0.3) is 5.91 Å². The third-order valence-electron chi connectivity index (χ3n) is 4.53. The van der Waals surface area contributed by atoms with Crippen molar-refractivity contribution in [3.8, 4) is 0 Å². The van der Waals surface area contributed by atoms with Gasteiger partial charge in [-0.15, -0.1) is 0 Å². The van der Waals surface area contributed by atoms with Gasteiger partial charge in [0.05, 0.1) is 0 Å². The molecule has 1 aliphatic heterocycles. The SMILES string of the molecule is O=C(Nc1cccc2ccccc12)c1cccc(N2CCCC2=O)c1. The molecule has 124 valence electrons. The lowest BCUT2D eigenvalue weighted by Crippen LogP contribution is -2.24. The van der Waals surface area contributed by atoms with Gasteiger partial charge in [0, 0.05) is 35.3 Å². The van der Waals surface area contributed by atoms with Crippen LogP contribution in [0.15, 0.2) is 66.7 Å². The zero-order valence-electron chi connectivity index (χ0n) is 13.7. The Balaban J connectivity index is 1.62. The van der Waals surface area contributed by atoms with E-state index in [2.05, 4.69) is 5.32 Å². The van der Waals surface area contributed by atoms with E-state index in [1.165, 1.54) is 0 Å². The van der Waals surface area contributed by atoms with Crippen LogP contribution in [0.4, 0.5) is 11.4 Å². The molecule has 4 rings (SSSR count).